The van der Waals surface area contributed by atoms with Gasteiger partial charge in [0, 0.05) is 27.6 Å². The standard InChI is InChI=1S/C16H16ClN3S/c17-11-6-4-10(5-7-11)15-13(8-9-18)20-12-2-1-3-14(12)21-16(20)19-15/h4-7H,1-3,8-9,18H2. The number of benzene rings is 1. The minimum atomic E-state index is 0.638. The molecule has 0 atom stereocenters. The van der Waals surface area contributed by atoms with Gasteiger partial charge in [-0.2, -0.15) is 0 Å². The lowest BCUT2D eigenvalue weighted by Gasteiger charge is -2.05. The highest BCUT2D eigenvalue weighted by atomic mass is 35.5. The molecule has 5 heteroatoms. The molecule has 2 N–H and O–H groups in total. The van der Waals surface area contributed by atoms with Crippen molar-refractivity contribution in [1.29, 1.82) is 0 Å². The van der Waals surface area contributed by atoms with Crippen molar-refractivity contribution in [2.45, 2.75) is 25.7 Å². The Balaban J connectivity index is 1.94. The molecule has 0 bridgehead atoms. The predicted octanol–water partition coefficient (Wildman–Crippen LogP) is 3.71. The number of nitrogens with zero attached hydrogens (tertiary/aromatic N) is 2. The normalized spacial score (nSPS) is 14.0. The van der Waals surface area contributed by atoms with E-state index in [2.05, 4.69) is 4.40 Å². The summed E-state index contributed by atoms with van der Waals surface area (Å²) in [4.78, 5) is 7.48. The van der Waals surface area contributed by atoms with Crippen LogP contribution < -0.4 is 5.73 Å². The summed E-state index contributed by atoms with van der Waals surface area (Å²) < 4.78 is 2.35. The number of rotatable bonds is 3. The molecule has 108 valence electrons. The van der Waals surface area contributed by atoms with Crippen LogP contribution in [0.3, 0.4) is 0 Å². The van der Waals surface area contributed by atoms with Crippen LogP contribution in [0.25, 0.3) is 16.2 Å². The van der Waals surface area contributed by atoms with Gasteiger partial charge in [0.2, 0.25) is 0 Å². The maximum atomic E-state index is 5.99. The van der Waals surface area contributed by atoms with Crippen LogP contribution in [0.5, 0.6) is 0 Å². The van der Waals surface area contributed by atoms with E-state index in [0.29, 0.717) is 6.54 Å². The molecule has 21 heavy (non-hydrogen) atoms. The molecule has 4 rings (SSSR count). The van der Waals surface area contributed by atoms with E-state index in [9.17, 15) is 0 Å². The summed E-state index contributed by atoms with van der Waals surface area (Å²) in [5.41, 5.74) is 10.7. The first-order valence-corrected chi connectivity index (χ1v) is 8.45. The molecule has 3 nitrogen and oxygen atoms in total. The van der Waals surface area contributed by atoms with Gasteiger partial charge in [-0.25, -0.2) is 4.98 Å². The number of fused-ring (bicyclic) bond motifs is 3. The van der Waals surface area contributed by atoms with E-state index < -0.39 is 0 Å². The lowest BCUT2D eigenvalue weighted by Crippen LogP contribution is -2.07. The van der Waals surface area contributed by atoms with Crippen LogP contribution in [-0.2, 0) is 19.3 Å². The highest BCUT2D eigenvalue weighted by Crippen LogP contribution is 2.35. The van der Waals surface area contributed by atoms with Crippen molar-refractivity contribution < 1.29 is 0 Å². The highest BCUT2D eigenvalue weighted by molar-refractivity contribution is 7.17. The van der Waals surface area contributed by atoms with E-state index in [1.165, 1.54) is 29.1 Å². The number of nitrogens with two attached hydrogens (primary N) is 1. The lowest BCUT2D eigenvalue weighted by molar-refractivity contribution is 0.853. The van der Waals surface area contributed by atoms with Crippen LogP contribution in [0.2, 0.25) is 5.02 Å². The quantitative estimate of drug-likeness (QED) is 0.800. The first-order valence-electron chi connectivity index (χ1n) is 7.26. The van der Waals surface area contributed by atoms with Crippen LogP contribution in [0, 0.1) is 0 Å². The van der Waals surface area contributed by atoms with Gasteiger partial charge in [0.05, 0.1) is 11.4 Å². The molecule has 1 aliphatic carbocycles. The zero-order valence-corrected chi connectivity index (χ0v) is 13.2. The molecule has 2 heterocycles. The smallest absolute Gasteiger partial charge is 0.194 e. The average molecular weight is 318 g/mol. The van der Waals surface area contributed by atoms with Gasteiger partial charge in [0.1, 0.15) is 0 Å². The number of hydrogen-bond acceptors (Lipinski definition) is 3. The van der Waals surface area contributed by atoms with Crippen LogP contribution in [0.4, 0.5) is 0 Å². The third kappa shape index (κ3) is 2.09. The Morgan fingerprint density at radius 2 is 2.05 bits per heavy atom. The van der Waals surface area contributed by atoms with Crippen molar-refractivity contribution in [3.8, 4) is 11.3 Å². The minimum absolute atomic E-state index is 0.638. The molecule has 2 aromatic heterocycles. The third-order valence-electron chi connectivity index (χ3n) is 4.06. The summed E-state index contributed by atoms with van der Waals surface area (Å²) in [7, 11) is 0. The second-order valence-corrected chi connectivity index (χ2v) is 6.89. The monoisotopic (exact) mass is 317 g/mol. The zero-order valence-electron chi connectivity index (χ0n) is 11.6. The van der Waals surface area contributed by atoms with E-state index >= 15 is 0 Å². The Bertz CT molecular complexity index is 801. The number of hydrogen-bond donors (Lipinski definition) is 1. The molecule has 0 aliphatic heterocycles. The van der Waals surface area contributed by atoms with Crippen LogP contribution in [-0.4, -0.2) is 15.9 Å². The van der Waals surface area contributed by atoms with Crippen molar-refractivity contribution in [1.82, 2.24) is 9.38 Å². The van der Waals surface area contributed by atoms with Gasteiger partial charge in [-0.3, -0.25) is 4.40 Å². The molecule has 0 saturated carbocycles. The molecule has 0 fully saturated rings. The molecule has 0 unspecified atom stereocenters. The van der Waals surface area contributed by atoms with Crippen molar-refractivity contribution >= 4 is 27.9 Å². The summed E-state index contributed by atoms with van der Waals surface area (Å²) in [6.07, 6.45) is 4.46. The molecular formula is C16H16ClN3S. The van der Waals surface area contributed by atoms with Gasteiger partial charge in [-0.15, -0.1) is 11.3 Å². The van der Waals surface area contributed by atoms with Crippen molar-refractivity contribution in [3.05, 3.63) is 45.6 Å². The Hall–Kier alpha value is -1.36. The Labute approximate surface area is 132 Å². The van der Waals surface area contributed by atoms with Gasteiger partial charge in [-0.05, 0) is 37.9 Å². The third-order valence-corrected chi connectivity index (χ3v) is 5.46. The van der Waals surface area contributed by atoms with E-state index in [0.717, 1.165) is 34.1 Å². The van der Waals surface area contributed by atoms with E-state index in [-0.39, 0.29) is 0 Å². The number of imidazole rings is 1. The average Bonchev–Trinajstić information content (AvgIpc) is 3.12. The van der Waals surface area contributed by atoms with Gasteiger partial charge in [0.15, 0.2) is 4.96 Å². The zero-order chi connectivity index (χ0) is 14.4. The summed E-state index contributed by atoms with van der Waals surface area (Å²) in [5.74, 6) is 0. The molecule has 1 aromatic carbocycles. The van der Waals surface area contributed by atoms with E-state index in [4.69, 9.17) is 22.3 Å². The van der Waals surface area contributed by atoms with Crippen molar-refractivity contribution in [2.75, 3.05) is 6.54 Å². The van der Waals surface area contributed by atoms with E-state index in [1.54, 1.807) is 0 Å². The fourth-order valence-electron chi connectivity index (χ4n) is 3.14. The van der Waals surface area contributed by atoms with Gasteiger partial charge in [0.25, 0.3) is 0 Å². The molecule has 0 spiro atoms. The number of aromatic nitrogens is 2. The molecular weight excluding hydrogens is 302 g/mol. The molecule has 0 radical (unpaired) electrons. The molecule has 1 aliphatic rings. The van der Waals surface area contributed by atoms with Gasteiger partial charge >= 0.3 is 0 Å². The van der Waals surface area contributed by atoms with Gasteiger partial charge < -0.3 is 5.73 Å². The highest BCUT2D eigenvalue weighted by Gasteiger charge is 2.23. The fraction of sp³-hybridized carbons (Fsp3) is 0.312. The lowest BCUT2D eigenvalue weighted by atomic mass is 10.1. The summed E-state index contributed by atoms with van der Waals surface area (Å²) >= 11 is 7.82. The predicted molar refractivity (Wildman–Crippen MR) is 88.3 cm³/mol. The maximum Gasteiger partial charge on any atom is 0.194 e. The number of halogens is 1. The molecule has 3 aromatic rings. The SMILES string of the molecule is NCCc1c(-c2ccc(Cl)cc2)nc2sc3c(n12)CCC3. The van der Waals surface area contributed by atoms with Crippen LogP contribution in [0.15, 0.2) is 24.3 Å². The number of thiazole rings is 1. The number of aryl methyl sites for hydroxylation is 2. The van der Waals surface area contributed by atoms with Crippen LogP contribution in [0.1, 0.15) is 22.7 Å². The fourth-order valence-corrected chi connectivity index (χ4v) is 4.49. The first-order chi connectivity index (χ1) is 10.3. The van der Waals surface area contributed by atoms with Crippen molar-refractivity contribution in [3.63, 3.8) is 0 Å². The largest absolute Gasteiger partial charge is 0.330 e. The van der Waals surface area contributed by atoms with Crippen molar-refractivity contribution in [2.24, 2.45) is 5.73 Å². The summed E-state index contributed by atoms with van der Waals surface area (Å²) in [6, 6.07) is 7.91. The second-order valence-electron chi connectivity index (χ2n) is 5.40. The minimum Gasteiger partial charge on any atom is -0.330 e. The summed E-state index contributed by atoms with van der Waals surface area (Å²) in [5, 5.41) is 0.751. The second kappa shape index (κ2) is 5.13. The maximum absolute atomic E-state index is 5.99. The first kappa shape index (κ1) is 13.3. The topological polar surface area (TPSA) is 43.3 Å². The Kier molecular flexibility index (Phi) is 3.25. The van der Waals surface area contributed by atoms with Crippen LogP contribution >= 0.6 is 22.9 Å². The van der Waals surface area contributed by atoms with E-state index in [1.807, 2.05) is 35.6 Å². The molecule has 0 saturated heterocycles. The molecule has 0 amide bonds. The Morgan fingerprint density at radius 3 is 2.81 bits per heavy atom. The Morgan fingerprint density at radius 1 is 1.24 bits per heavy atom. The summed E-state index contributed by atoms with van der Waals surface area (Å²) in [6.45, 7) is 0.638. The van der Waals surface area contributed by atoms with Gasteiger partial charge in [-0.1, -0.05) is 23.7 Å².